The molecular formula is C30H29N3O3. The molecule has 0 heterocycles. The number of anilines is 2. The maximum atomic E-state index is 12.7. The topological polar surface area (TPSA) is 79.5 Å². The highest BCUT2D eigenvalue weighted by Gasteiger charge is 2.12. The summed E-state index contributed by atoms with van der Waals surface area (Å²) in [5.41, 5.74) is 3.97. The van der Waals surface area contributed by atoms with E-state index in [9.17, 15) is 9.59 Å². The fourth-order valence-electron chi connectivity index (χ4n) is 3.64. The summed E-state index contributed by atoms with van der Waals surface area (Å²) in [5, 5.41) is 8.92. The highest BCUT2D eigenvalue weighted by atomic mass is 16.5. The van der Waals surface area contributed by atoms with E-state index in [0.29, 0.717) is 17.9 Å². The molecular weight excluding hydrogens is 450 g/mol. The Hall–Kier alpha value is -4.58. The first-order chi connectivity index (χ1) is 17.6. The van der Waals surface area contributed by atoms with E-state index in [-0.39, 0.29) is 24.4 Å². The number of rotatable bonds is 10. The Bertz CT molecular complexity index is 1280. The van der Waals surface area contributed by atoms with Gasteiger partial charge in [-0.3, -0.25) is 9.59 Å². The zero-order chi connectivity index (χ0) is 25.2. The van der Waals surface area contributed by atoms with E-state index in [0.717, 1.165) is 22.6 Å². The van der Waals surface area contributed by atoms with E-state index >= 15 is 0 Å². The summed E-state index contributed by atoms with van der Waals surface area (Å²) in [6.45, 7) is 2.52. The number of nitrogens with one attached hydrogen (secondary N) is 3. The van der Waals surface area contributed by atoms with Crippen molar-refractivity contribution in [2.75, 3.05) is 17.2 Å². The van der Waals surface area contributed by atoms with Crippen molar-refractivity contribution in [1.82, 2.24) is 5.32 Å². The van der Waals surface area contributed by atoms with Crippen molar-refractivity contribution in [2.45, 2.75) is 19.6 Å². The average molecular weight is 480 g/mol. The summed E-state index contributed by atoms with van der Waals surface area (Å²) in [4.78, 5) is 25.1. The van der Waals surface area contributed by atoms with Crippen LogP contribution in [0.4, 0.5) is 11.4 Å². The van der Waals surface area contributed by atoms with E-state index in [1.807, 2.05) is 91.9 Å². The highest BCUT2D eigenvalue weighted by molar-refractivity contribution is 5.98. The highest BCUT2D eigenvalue weighted by Crippen LogP contribution is 2.18. The minimum atomic E-state index is -0.213. The number of carbonyl (C=O) groups excluding carboxylic acids is 2. The van der Waals surface area contributed by atoms with Crippen LogP contribution in [-0.4, -0.2) is 18.4 Å². The summed E-state index contributed by atoms with van der Waals surface area (Å²) in [5.74, 6) is 0.343. The summed E-state index contributed by atoms with van der Waals surface area (Å²) in [6, 6.07) is 34.0. The lowest BCUT2D eigenvalue weighted by Crippen LogP contribution is -2.27. The molecule has 1 unspecified atom stereocenters. The smallest absolute Gasteiger partial charge is 0.251 e. The Labute approximate surface area is 211 Å². The number of hydrogen-bond acceptors (Lipinski definition) is 4. The number of hydrogen-bond donors (Lipinski definition) is 3. The van der Waals surface area contributed by atoms with Crippen molar-refractivity contribution in [1.29, 1.82) is 0 Å². The Balaban J connectivity index is 1.25. The van der Waals surface area contributed by atoms with Crippen LogP contribution in [0.3, 0.4) is 0 Å². The maximum absolute atomic E-state index is 12.7. The predicted molar refractivity (Wildman–Crippen MR) is 143 cm³/mol. The molecule has 36 heavy (non-hydrogen) atoms. The molecule has 1 atom stereocenters. The molecule has 0 aromatic heterocycles. The second-order valence-electron chi connectivity index (χ2n) is 8.39. The maximum Gasteiger partial charge on any atom is 0.251 e. The molecule has 0 aliphatic rings. The van der Waals surface area contributed by atoms with Gasteiger partial charge in [0.1, 0.15) is 12.4 Å². The van der Waals surface area contributed by atoms with Gasteiger partial charge in [-0.1, -0.05) is 66.7 Å². The lowest BCUT2D eigenvalue weighted by molar-refractivity contribution is -0.114. The SMILES string of the molecule is CC(NC(=O)c1cccc(NC(=O)CNc2ccc(OCc3ccccc3)cc2)c1)c1ccccc1. The van der Waals surface area contributed by atoms with Gasteiger partial charge in [-0.05, 0) is 60.5 Å². The lowest BCUT2D eigenvalue weighted by Gasteiger charge is -2.15. The second-order valence-corrected chi connectivity index (χ2v) is 8.39. The van der Waals surface area contributed by atoms with Crippen molar-refractivity contribution >= 4 is 23.2 Å². The fourth-order valence-corrected chi connectivity index (χ4v) is 3.64. The van der Waals surface area contributed by atoms with Gasteiger partial charge in [-0.15, -0.1) is 0 Å². The van der Waals surface area contributed by atoms with E-state index in [2.05, 4.69) is 16.0 Å². The van der Waals surface area contributed by atoms with Crippen LogP contribution in [0.2, 0.25) is 0 Å². The Morgan fingerprint density at radius 1 is 0.778 bits per heavy atom. The van der Waals surface area contributed by atoms with Crippen LogP contribution in [0.5, 0.6) is 5.75 Å². The molecule has 3 N–H and O–H groups in total. The van der Waals surface area contributed by atoms with Gasteiger partial charge in [-0.25, -0.2) is 0 Å². The third-order valence-corrected chi connectivity index (χ3v) is 5.61. The van der Waals surface area contributed by atoms with Crippen LogP contribution >= 0.6 is 0 Å². The predicted octanol–water partition coefficient (Wildman–Crippen LogP) is 5.81. The van der Waals surface area contributed by atoms with Gasteiger partial charge in [0.2, 0.25) is 5.91 Å². The van der Waals surface area contributed by atoms with Crippen molar-refractivity contribution in [3.63, 3.8) is 0 Å². The van der Waals surface area contributed by atoms with E-state index in [1.54, 1.807) is 24.3 Å². The first kappa shape index (κ1) is 24.5. The van der Waals surface area contributed by atoms with Gasteiger partial charge in [0, 0.05) is 16.9 Å². The molecule has 6 heteroatoms. The van der Waals surface area contributed by atoms with Crippen LogP contribution in [0.1, 0.15) is 34.5 Å². The van der Waals surface area contributed by atoms with Gasteiger partial charge in [0.05, 0.1) is 12.6 Å². The number of amides is 2. The summed E-state index contributed by atoms with van der Waals surface area (Å²) in [6.07, 6.45) is 0. The van der Waals surface area contributed by atoms with Crippen molar-refractivity contribution in [2.24, 2.45) is 0 Å². The molecule has 0 spiro atoms. The molecule has 6 nitrogen and oxygen atoms in total. The first-order valence-corrected chi connectivity index (χ1v) is 11.8. The van der Waals surface area contributed by atoms with E-state index in [4.69, 9.17) is 4.74 Å². The molecule has 0 aliphatic heterocycles. The zero-order valence-electron chi connectivity index (χ0n) is 20.1. The fraction of sp³-hybridized carbons (Fsp3) is 0.133. The van der Waals surface area contributed by atoms with Crippen LogP contribution in [0.15, 0.2) is 109 Å². The molecule has 0 fully saturated rings. The Morgan fingerprint density at radius 3 is 2.19 bits per heavy atom. The third kappa shape index (κ3) is 7.21. The Kier molecular flexibility index (Phi) is 8.33. The molecule has 4 aromatic carbocycles. The van der Waals surface area contributed by atoms with Gasteiger partial charge in [0.25, 0.3) is 5.91 Å². The molecule has 0 saturated carbocycles. The first-order valence-electron chi connectivity index (χ1n) is 11.8. The number of ether oxygens (including phenoxy) is 1. The number of carbonyl (C=O) groups is 2. The van der Waals surface area contributed by atoms with Gasteiger partial charge < -0.3 is 20.7 Å². The summed E-state index contributed by atoms with van der Waals surface area (Å²) < 4.78 is 5.79. The standard InChI is InChI=1S/C30H29N3O3/c1-22(24-11-6-3-7-12-24)32-30(35)25-13-8-14-27(19-25)33-29(34)20-31-26-15-17-28(18-16-26)36-21-23-9-4-2-5-10-23/h2-19,22,31H,20-21H2,1H3,(H,32,35)(H,33,34). The van der Waals surface area contributed by atoms with Crippen LogP contribution < -0.4 is 20.7 Å². The van der Waals surface area contributed by atoms with Gasteiger partial charge in [-0.2, -0.15) is 0 Å². The zero-order valence-corrected chi connectivity index (χ0v) is 20.1. The van der Waals surface area contributed by atoms with Crippen LogP contribution in [-0.2, 0) is 11.4 Å². The van der Waals surface area contributed by atoms with E-state index in [1.165, 1.54) is 0 Å². The van der Waals surface area contributed by atoms with Crippen molar-refractivity contribution < 1.29 is 14.3 Å². The average Bonchev–Trinajstić information content (AvgIpc) is 2.92. The van der Waals surface area contributed by atoms with Crippen molar-refractivity contribution in [3.05, 3.63) is 126 Å². The largest absolute Gasteiger partial charge is 0.489 e. The molecule has 0 bridgehead atoms. The Morgan fingerprint density at radius 2 is 1.47 bits per heavy atom. The molecule has 2 amide bonds. The summed E-state index contributed by atoms with van der Waals surface area (Å²) in [7, 11) is 0. The van der Waals surface area contributed by atoms with Crippen LogP contribution in [0.25, 0.3) is 0 Å². The molecule has 0 radical (unpaired) electrons. The quantitative estimate of drug-likeness (QED) is 0.268. The minimum absolute atomic E-state index is 0.0890. The van der Waals surface area contributed by atoms with Gasteiger partial charge in [0.15, 0.2) is 0 Å². The molecule has 182 valence electrons. The second kappa shape index (κ2) is 12.2. The lowest BCUT2D eigenvalue weighted by atomic mass is 10.1. The molecule has 4 aromatic rings. The van der Waals surface area contributed by atoms with E-state index < -0.39 is 0 Å². The van der Waals surface area contributed by atoms with Crippen molar-refractivity contribution in [3.8, 4) is 5.75 Å². The molecule has 0 saturated heterocycles. The monoisotopic (exact) mass is 479 g/mol. The molecule has 0 aliphatic carbocycles. The number of benzene rings is 4. The van der Waals surface area contributed by atoms with Crippen LogP contribution in [0, 0.1) is 0 Å². The summed E-state index contributed by atoms with van der Waals surface area (Å²) >= 11 is 0. The normalized spacial score (nSPS) is 11.2. The molecule has 4 rings (SSSR count). The van der Waals surface area contributed by atoms with Gasteiger partial charge >= 0.3 is 0 Å². The minimum Gasteiger partial charge on any atom is -0.489 e. The third-order valence-electron chi connectivity index (χ3n) is 5.61.